The highest BCUT2D eigenvalue weighted by Gasteiger charge is 2.43. The SMILES string of the molecule is C=C(C)C(O)C(=C)C(=O)[Si](C)(C)C(C)(C)C. The lowest BCUT2D eigenvalue weighted by atomic mass is 10.1. The molecule has 0 aromatic heterocycles. The van der Waals surface area contributed by atoms with Crippen molar-refractivity contribution >= 4 is 13.5 Å². The van der Waals surface area contributed by atoms with E-state index in [1.165, 1.54) is 0 Å². The maximum Gasteiger partial charge on any atom is 0.139 e. The van der Waals surface area contributed by atoms with Crippen molar-refractivity contribution in [3.8, 4) is 0 Å². The Kier molecular flexibility index (Phi) is 4.48. The van der Waals surface area contributed by atoms with Gasteiger partial charge in [-0.1, -0.05) is 47.0 Å². The molecule has 0 aromatic rings. The van der Waals surface area contributed by atoms with Crippen LogP contribution in [-0.4, -0.2) is 24.7 Å². The monoisotopic (exact) mass is 240 g/mol. The summed E-state index contributed by atoms with van der Waals surface area (Å²) in [5.74, 6) is 0. The zero-order valence-corrected chi connectivity index (χ0v) is 12.3. The van der Waals surface area contributed by atoms with E-state index in [0.717, 1.165) is 0 Å². The molecule has 16 heavy (non-hydrogen) atoms. The zero-order valence-electron chi connectivity index (χ0n) is 11.3. The van der Waals surface area contributed by atoms with Gasteiger partial charge in [0.1, 0.15) is 19.6 Å². The molecule has 1 atom stereocenters. The summed E-state index contributed by atoms with van der Waals surface area (Å²) in [5, 5.41) is 9.79. The smallest absolute Gasteiger partial charge is 0.139 e. The summed E-state index contributed by atoms with van der Waals surface area (Å²) in [7, 11) is -2.12. The molecule has 0 aliphatic rings. The summed E-state index contributed by atoms with van der Waals surface area (Å²) in [6.45, 7) is 19.3. The first kappa shape index (κ1) is 15.3. The van der Waals surface area contributed by atoms with Gasteiger partial charge in [0.05, 0.1) is 0 Å². The van der Waals surface area contributed by atoms with Crippen LogP contribution in [0.4, 0.5) is 0 Å². The quantitative estimate of drug-likeness (QED) is 0.466. The second-order valence-electron chi connectivity index (χ2n) is 5.98. The van der Waals surface area contributed by atoms with E-state index in [2.05, 4.69) is 33.9 Å². The van der Waals surface area contributed by atoms with E-state index >= 15 is 0 Å². The van der Waals surface area contributed by atoms with Crippen molar-refractivity contribution in [2.45, 2.75) is 51.9 Å². The van der Waals surface area contributed by atoms with E-state index in [-0.39, 0.29) is 10.4 Å². The maximum absolute atomic E-state index is 12.3. The van der Waals surface area contributed by atoms with Gasteiger partial charge in [-0.3, -0.25) is 0 Å². The zero-order chi connectivity index (χ0) is 13.3. The molecule has 0 amide bonds. The Morgan fingerprint density at radius 2 is 1.62 bits per heavy atom. The molecule has 0 bridgehead atoms. The Balaban J connectivity index is 5.10. The molecule has 3 heteroatoms. The van der Waals surface area contributed by atoms with Gasteiger partial charge in [0.25, 0.3) is 0 Å². The Hall–Kier alpha value is -0.673. The normalized spacial score (nSPS) is 14.4. The van der Waals surface area contributed by atoms with Gasteiger partial charge in [0, 0.05) is 5.57 Å². The Labute approximate surface area is 100 Å². The second-order valence-corrected chi connectivity index (χ2v) is 11.2. The summed E-state index contributed by atoms with van der Waals surface area (Å²) < 4.78 is 0. The number of aliphatic hydroxyl groups excluding tert-OH is 1. The fourth-order valence-corrected chi connectivity index (χ4v) is 2.78. The average Bonchev–Trinajstić information content (AvgIpc) is 2.12. The molecule has 0 spiro atoms. The van der Waals surface area contributed by atoms with Gasteiger partial charge in [-0.2, -0.15) is 0 Å². The van der Waals surface area contributed by atoms with Gasteiger partial charge in [-0.25, -0.2) is 0 Å². The van der Waals surface area contributed by atoms with Crippen molar-refractivity contribution in [1.82, 2.24) is 0 Å². The molecule has 0 radical (unpaired) electrons. The number of carbonyl (C=O) groups is 1. The van der Waals surface area contributed by atoms with Crippen molar-refractivity contribution < 1.29 is 9.90 Å². The maximum atomic E-state index is 12.3. The van der Waals surface area contributed by atoms with Gasteiger partial charge in [-0.15, -0.1) is 0 Å². The van der Waals surface area contributed by atoms with Crippen LogP contribution >= 0.6 is 0 Å². The van der Waals surface area contributed by atoms with Crippen LogP contribution in [0, 0.1) is 0 Å². The molecule has 0 saturated heterocycles. The molecule has 0 saturated carbocycles. The van der Waals surface area contributed by atoms with Crippen LogP contribution in [0.3, 0.4) is 0 Å². The third kappa shape index (κ3) is 2.92. The molecule has 0 aliphatic carbocycles. The van der Waals surface area contributed by atoms with E-state index in [1.54, 1.807) is 6.92 Å². The summed E-state index contributed by atoms with van der Waals surface area (Å²) in [4.78, 5) is 12.3. The van der Waals surface area contributed by atoms with Crippen molar-refractivity contribution in [3.63, 3.8) is 0 Å². The first-order valence-electron chi connectivity index (χ1n) is 5.50. The molecule has 0 fully saturated rings. The molecule has 0 aliphatic heterocycles. The molecule has 2 nitrogen and oxygen atoms in total. The predicted octanol–water partition coefficient (Wildman–Crippen LogP) is 3.10. The van der Waals surface area contributed by atoms with Gasteiger partial charge in [0.15, 0.2) is 0 Å². The predicted molar refractivity (Wildman–Crippen MR) is 72.2 cm³/mol. The average molecular weight is 240 g/mol. The van der Waals surface area contributed by atoms with Crippen molar-refractivity contribution in [2.75, 3.05) is 0 Å². The van der Waals surface area contributed by atoms with Crippen LogP contribution in [0.25, 0.3) is 0 Å². The van der Waals surface area contributed by atoms with E-state index in [1.807, 2.05) is 13.1 Å². The van der Waals surface area contributed by atoms with Gasteiger partial charge < -0.3 is 9.90 Å². The minimum absolute atomic E-state index is 0.0375. The van der Waals surface area contributed by atoms with Crippen molar-refractivity contribution in [3.05, 3.63) is 24.3 Å². The molecule has 1 N–H and O–H groups in total. The lowest BCUT2D eigenvalue weighted by Gasteiger charge is -2.36. The van der Waals surface area contributed by atoms with Gasteiger partial charge in [0.2, 0.25) is 0 Å². The van der Waals surface area contributed by atoms with Gasteiger partial charge in [-0.05, 0) is 17.5 Å². The molecule has 0 aromatic carbocycles. The van der Waals surface area contributed by atoms with Crippen LogP contribution in [0.2, 0.25) is 18.1 Å². The van der Waals surface area contributed by atoms with E-state index in [9.17, 15) is 9.90 Å². The first-order valence-corrected chi connectivity index (χ1v) is 8.50. The summed E-state index contributed by atoms with van der Waals surface area (Å²) in [5.41, 5.74) is 0.858. The number of hydrogen-bond donors (Lipinski definition) is 1. The van der Waals surface area contributed by atoms with Crippen LogP contribution in [0.5, 0.6) is 0 Å². The standard InChI is InChI=1S/C13H24O2Si/c1-9(2)11(14)10(3)12(15)16(7,8)13(4,5)6/h11,14H,1,3H2,2,4-8H3. The summed E-state index contributed by atoms with van der Waals surface area (Å²) in [6.07, 6.45) is -0.901. The van der Waals surface area contributed by atoms with Crippen LogP contribution in [0.15, 0.2) is 24.3 Å². The highest BCUT2D eigenvalue weighted by Crippen LogP contribution is 2.38. The lowest BCUT2D eigenvalue weighted by Crippen LogP contribution is -2.48. The van der Waals surface area contributed by atoms with Crippen LogP contribution < -0.4 is 0 Å². The molecule has 1 unspecified atom stereocenters. The fraction of sp³-hybridized carbons (Fsp3) is 0.615. The number of aliphatic hydroxyl groups is 1. The van der Waals surface area contributed by atoms with Crippen molar-refractivity contribution in [1.29, 1.82) is 0 Å². The van der Waals surface area contributed by atoms with E-state index in [0.29, 0.717) is 11.1 Å². The number of carbonyl (C=O) groups excluding carboxylic acids is 1. The number of rotatable bonds is 4. The molecule has 0 heterocycles. The minimum Gasteiger partial charge on any atom is -0.384 e. The van der Waals surface area contributed by atoms with Crippen LogP contribution in [0.1, 0.15) is 27.7 Å². The molecular weight excluding hydrogens is 216 g/mol. The Bertz CT molecular complexity index is 321. The minimum atomic E-state index is -2.12. The molecule has 92 valence electrons. The number of hydrogen-bond acceptors (Lipinski definition) is 2. The third-order valence-electron chi connectivity index (χ3n) is 3.53. The topological polar surface area (TPSA) is 37.3 Å². The highest BCUT2D eigenvalue weighted by atomic mass is 28.3. The van der Waals surface area contributed by atoms with Gasteiger partial charge >= 0.3 is 0 Å². The largest absolute Gasteiger partial charge is 0.384 e. The summed E-state index contributed by atoms with van der Waals surface area (Å²) >= 11 is 0. The fourth-order valence-electron chi connectivity index (χ4n) is 1.16. The van der Waals surface area contributed by atoms with Crippen molar-refractivity contribution in [2.24, 2.45) is 0 Å². The molecule has 0 rings (SSSR count). The third-order valence-corrected chi connectivity index (χ3v) is 8.74. The van der Waals surface area contributed by atoms with E-state index < -0.39 is 14.2 Å². The lowest BCUT2D eigenvalue weighted by molar-refractivity contribution is -0.110. The van der Waals surface area contributed by atoms with Crippen LogP contribution in [-0.2, 0) is 4.79 Å². The summed E-state index contributed by atoms with van der Waals surface area (Å²) in [6, 6.07) is 0. The Morgan fingerprint density at radius 3 is 1.88 bits per heavy atom. The van der Waals surface area contributed by atoms with E-state index in [4.69, 9.17) is 0 Å². The highest BCUT2D eigenvalue weighted by molar-refractivity contribution is 7.08. The second kappa shape index (κ2) is 4.68. The molecular formula is C13H24O2Si. The Morgan fingerprint density at radius 1 is 1.25 bits per heavy atom. The first-order chi connectivity index (χ1) is 6.93.